The topological polar surface area (TPSA) is 104 Å². The lowest BCUT2D eigenvalue weighted by Crippen LogP contribution is -2.60. The number of hydrogen-bond donors (Lipinski definition) is 3. The molecule has 3 N–H and O–H groups in total. The SMILES string of the molecule is CC1(O)C2CC1CC(S(=O)(=O)c1cc(C(=O)Nc3ccc(F)c(CO)c3)ccc1Cl)C2. The molecule has 0 radical (unpaired) electrons. The molecule has 166 valence electrons. The lowest BCUT2D eigenvalue weighted by Gasteiger charge is -2.56. The molecule has 6 nitrogen and oxygen atoms in total. The van der Waals surface area contributed by atoms with Gasteiger partial charge in [-0.15, -0.1) is 0 Å². The molecule has 2 atom stereocenters. The number of rotatable bonds is 5. The van der Waals surface area contributed by atoms with E-state index in [-0.39, 0.29) is 38.6 Å². The van der Waals surface area contributed by atoms with Crippen LogP contribution in [0, 0.1) is 17.7 Å². The van der Waals surface area contributed by atoms with Gasteiger partial charge in [-0.05, 0) is 74.4 Å². The molecule has 0 aliphatic heterocycles. The van der Waals surface area contributed by atoms with E-state index in [9.17, 15) is 27.8 Å². The molecule has 9 heteroatoms. The van der Waals surface area contributed by atoms with Crippen molar-refractivity contribution in [2.45, 2.75) is 48.5 Å². The highest BCUT2D eigenvalue weighted by atomic mass is 35.5. The van der Waals surface area contributed by atoms with Gasteiger partial charge in [0.2, 0.25) is 0 Å². The Morgan fingerprint density at radius 2 is 1.87 bits per heavy atom. The quantitative estimate of drug-likeness (QED) is 0.624. The Morgan fingerprint density at radius 3 is 2.48 bits per heavy atom. The highest BCUT2D eigenvalue weighted by Crippen LogP contribution is 2.55. The van der Waals surface area contributed by atoms with E-state index in [2.05, 4.69) is 5.32 Å². The summed E-state index contributed by atoms with van der Waals surface area (Å²) >= 11 is 6.20. The van der Waals surface area contributed by atoms with E-state index >= 15 is 0 Å². The van der Waals surface area contributed by atoms with E-state index in [1.165, 1.54) is 30.3 Å². The van der Waals surface area contributed by atoms with Crippen molar-refractivity contribution < 1.29 is 27.8 Å². The number of amides is 1. The standard InChI is InChI=1S/C22H23ClFNO5S/c1-22(28)14-8-15(22)10-17(9-14)31(29,30)20-7-12(2-4-18(20)23)21(27)25-16-3-5-19(24)13(6-16)11-26/h2-7,14-15,17,26,28H,8-11H2,1H3,(H,25,27). The van der Waals surface area contributed by atoms with Crippen LogP contribution in [0.5, 0.6) is 0 Å². The Balaban J connectivity index is 1.58. The summed E-state index contributed by atoms with van der Waals surface area (Å²) in [6.45, 7) is 1.24. The summed E-state index contributed by atoms with van der Waals surface area (Å²) in [7, 11) is -3.80. The third kappa shape index (κ3) is 3.86. The fourth-order valence-electron chi connectivity index (χ4n) is 4.67. The van der Waals surface area contributed by atoms with Crippen molar-refractivity contribution in [2.75, 3.05) is 5.32 Å². The molecule has 2 bridgehead atoms. The van der Waals surface area contributed by atoms with Gasteiger partial charge in [0.05, 0.1) is 27.4 Å². The molecule has 3 saturated carbocycles. The molecule has 2 unspecified atom stereocenters. The number of carbonyl (C=O) groups excluding carboxylic acids is 1. The molecule has 0 aromatic heterocycles. The Morgan fingerprint density at radius 1 is 1.19 bits per heavy atom. The monoisotopic (exact) mass is 467 g/mol. The van der Waals surface area contributed by atoms with Crippen molar-refractivity contribution in [3.8, 4) is 0 Å². The summed E-state index contributed by atoms with van der Waals surface area (Å²) in [6, 6.07) is 7.81. The summed E-state index contributed by atoms with van der Waals surface area (Å²) in [6.07, 6.45) is 1.54. The maximum atomic E-state index is 13.5. The minimum Gasteiger partial charge on any atom is -0.392 e. The van der Waals surface area contributed by atoms with Crippen molar-refractivity contribution in [1.82, 2.24) is 0 Å². The number of benzene rings is 2. The molecule has 3 fully saturated rings. The van der Waals surface area contributed by atoms with Crippen LogP contribution in [0.1, 0.15) is 42.1 Å². The van der Waals surface area contributed by atoms with Crippen molar-refractivity contribution in [2.24, 2.45) is 11.8 Å². The second-order valence-corrected chi connectivity index (χ2v) is 11.2. The lowest BCUT2D eigenvalue weighted by atomic mass is 9.54. The number of sulfone groups is 1. The van der Waals surface area contributed by atoms with E-state index < -0.39 is 39.0 Å². The summed E-state index contributed by atoms with van der Waals surface area (Å²) in [5, 5.41) is 21.5. The average molecular weight is 468 g/mol. The molecule has 5 rings (SSSR count). The van der Waals surface area contributed by atoms with Crippen molar-refractivity contribution in [1.29, 1.82) is 0 Å². The normalized spacial score (nSPS) is 27.5. The van der Waals surface area contributed by atoms with Gasteiger partial charge < -0.3 is 15.5 Å². The van der Waals surface area contributed by atoms with Gasteiger partial charge in [-0.1, -0.05) is 11.6 Å². The molecule has 0 spiro atoms. The van der Waals surface area contributed by atoms with Crippen LogP contribution in [0.25, 0.3) is 0 Å². The first-order chi connectivity index (χ1) is 14.5. The fourth-order valence-corrected chi connectivity index (χ4v) is 7.07. The molecule has 0 saturated heterocycles. The molecular formula is C22H23ClFNO5S. The first-order valence-electron chi connectivity index (χ1n) is 10.0. The first-order valence-corrected chi connectivity index (χ1v) is 11.9. The molecule has 3 aliphatic rings. The highest BCUT2D eigenvalue weighted by molar-refractivity contribution is 7.92. The van der Waals surface area contributed by atoms with Gasteiger partial charge in [0, 0.05) is 16.8 Å². The zero-order valence-electron chi connectivity index (χ0n) is 16.8. The van der Waals surface area contributed by atoms with E-state index in [1.54, 1.807) is 6.92 Å². The minimum absolute atomic E-state index is 0.0314. The molecule has 3 aliphatic carbocycles. The molecule has 1 amide bonds. The number of fused-ring (bicyclic) bond motifs is 2. The van der Waals surface area contributed by atoms with Gasteiger partial charge in [0.1, 0.15) is 5.82 Å². The number of hydrogen-bond acceptors (Lipinski definition) is 5. The zero-order chi connectivity index (χ0) is 22.6. The average Bonchev–Trinajstić information content (AvgIpc) is 2.75. The number of aliphatic hydroxyl groups is 2. The number of aliphatic hydroxyl groups excluding tert-OH is 1. The van der Waals surface area contributed by atoms with Gasteiger partial charge >= 0.3 is 0 Å². The second kappa shape index (κ2) is 7.85. The number of carbonyl (C=O) groups is 1. The number of anilines is 1. The number of nitrogens with one attached hydrogen (secondary N) is 1. The van der Waals surface area contributed by atoms with Crippen molar-refractivity contribution in [3.63, 3.8) is 0 Å². The van der Waals surface area contributed by atoms with Gasteiger partial charge in [-0.3, -0.25) is 4.79 Å². The largest absolute Gasteiger partial charge is 0.392 e. The van der Waals surface area contributed by atoms with Gasteiger partial charge in [-0.2, -0.15) is 0 Å². The van der Waals surface area contributed by atoms with Crippen LogP contribution in [0.3, 0.4) is 0 Å². The predicted octanol–water partition coefficient (Wildman–Crippen LogP) is 3.55. The van der Waals surface area contributed by atoms with Crippen molar-refractivity contribution in [3.05, 3.63) is 58.4 Å². The van der Waals surface area contributed by atoms with Gasteiger partial charge in [-0.25, -0.2) is 12.8 Å². The van der Waals surface area contributed by atoms with Crippen LogP contribution >= 0.6 is 11.6 Å². The maximum absolute atomic E-state index is 13.5. The first kappa shape index (κ1) is 22.2. The summed E-state index contributed by atoms with van der Waals surface area (Å²) in [5.41, 5.74) is -0.431. The summed E-state index contributed by atoms with van der Waals surface area (Å²) in [4.78, 5) is 12.6. The van der Waals surface area contributed by atoms with E-state index in [1.807, 2.05) is 0 Å². The predicted molar refractivity (Wildman–Crippen MR) is 114 cm³/mol. The van der Waals surface area contributed by atoms with Crippen LogP contribution in [0.15, 0.2) is 41.3 Å². The van der Waals surface area contributed by atoms with Crippen molar-refractivity contribution >= 4 is 33.0 Å². The van der Waals surface area contributed by atoms with Crippen LogP contribution in [-0.2, 0) is 16.4 Å². The molecule has 31 heavy (non-hydrogen) atoms. The molecular weight excluding hydrogens is 445 g/mol. The molecule has 2 aromatic rings. The maximum Gasteiger partial charge on any atom is 0.255 e. The Bertz CT molecular complexity index is 1140. The van der Waals surface area contributed by atoms with Gasteiger partial charge in [0.25, 0.3) is 5.91 Å². The Kier molecular flexibility index (Phi) is 5.62. The number of halogens is 2. The third-order valence-corrected chi connectivity index (χ3v) is 9.38. The molecule has 2 aromatic carbocycles. The van der Waals surface area contributed by atoms with Crippen LogP contribution < -0.4 is 5.32 Å². The van der Waals surface area contributed by atoms with E-state index in [0.717, 1.165) is 12.5 Å². The minimum atomic E-state index is -3.80. The Labute approximate surface area is 185 Å². The van der Waals surface area contributed by atoms with Crippen LogP contribution in [-0.4, -0.2) is 35.4 Å². The summed E-state index contributed by atoms with van der Waals surface area (Å²) < 4.78 is 40.1. The Hall–Kier alpha value is -2.00. The molecule has 0 heterocycles. The van der Waals surface area contributed by atoms with Crippen LogP contribution in [0.2, 0.25) is 5.02 Å². The smallest absolute Gasteiger partial charge is 0.255 e. The van der Waals surface area contributed by atoms with E-state index in [0.29, 0.717) is 12.8 Å². The summed E-state index contributed by atoms with van der Waals surface area (Å²) in [5.74, 6) is -1.30. The fraction of sp³-hybridized carbons (Fsp3) is 0.409. The second-order valence-electron chi connectivity index (χ2n) is 8.56. The highest BCUT2D eigenvalue weighted by Gasteiger charge is 2.57. The zero-order valence-corrected chi connectivity index (χ0v) is 18.4. The third-order valence-electron chi connectivity index (χ3n) is 6.73. The van der Waals surface area contributed by atoms with E-state index in [4.69, 9.17) is 11.6 Å². The van der Waals surface area contributed by atoms with Crippen LogP contribution in [0.4, 0.5) is 10.1 Å². The lowest BCUT2D eigenvalue weighted by molar-refractivity contribution is -0.162. The van der Waals surface area contributed by atoms with Gasteiger partial charge in [0.15, 0.2) is 9.84 Å².